The molecule has 10 aromatic rings. The summed E-state index contributed by atoms with van der Waals surface area (Å²) < 4.78 is 425. The van der Waals surface area contributed by atoms with Crippen LogP contribution in [-0.4, -0.2) is 59.8 Å². The first kappa shape index (κ1) is 100. The highest BCUT2D eigenvalue weighted by atomic mass is 32.1. The van der Waals surface area contributed by atoms with E-state index in [0.717, 1.165) is 101 Å². The molecule has 0 radical (unpaired) electrons. The van der Waals surface area contributed by atoms with Crippen LogP contribution < -0.4 is 50.6 Å². The number of allylic oxidation sites excluding steroid dienone is 4. The van der Waals surface area contributed by atoms with Gasteiger partial charge in [-0.05, 0) is 171 Å². The van der Waals surface area contributed by atoms with Crippen LogP contribution in [0, 0.1) is 0 Å². The average Bonchev–Trinajstić information content (AvgIpc) is 1.41. The number of anilines is 6. The van der Waals surface area contributed by atoms with Crippen molar-refractivity contribution in [3.8, 4) is 23.0 Å². The van der Waals surface area contributed by atoms with E-state index in [1.807, 2.05) is 27.7 Å². The van der Waals surface area contributed by atoms with Crippen LogP contribution in [-0.2, 0) is 58.7 Å². The number of alkyl halides is 24. The van der Waals surface area contributed by atoms with Crippen LogP contribution in [0.2, 0.25) is 0 Å². The van der Waals surface area contributed by atoms with Crippen molar-refractivity contribution < 1.29 is 143 Å². The van der Waals surface area contributed by atoms with Crippen molar-refractivity contribution in [2.75, 3.05) is 36.2 Å². The predicted octanol–water partition coefficient (Wildman–Crippen LogP) is 29.2. The van der Waals surface area contributed by atoms with Crippen molar-refractivity contribution in [2.45, 2.75) is 180 Å². The van der Waals surface area contributed by atoms with Crippen molar-refractivity contribution in [3.63, 3.8) is 0 Å². The molecule has 4 aliphatic heterocycles. The van der Waals surface area contributed by atoms with Gasteiger partial charge in [-0.1, -0.05) is 175 Å². The first-order valence-corrected chi connectivity index (χ1v) is 45.7. The normalized spacial score (nSPS) is 15.1. The molecule has 0 fully saturated rings. The van der Waals surface area contributed by atoms with E-state index in [1.54, 1.807) is 107 Å². The maximum Gasteiger partial charge on any atom is 0.514 e. The maximum absolute atomic E-state index is 16.1. The van der Waals surface area contributed by atoms with Gasteiger partial charge in [0.2, 0.25) is 0 Å². The molecule has 722 valence electrons. The Morgan fingerprint density at radius 2 is 0.478 bits per heavy atom. The summed E-state index contributed by atoms with van der Waals surface area (Å²) >= 11 is 1.31. The molecule has 14 rings (SSSR count). The van der Waals surface area contributed by atoms with Crippen LogP contribution in [0.1, 0.15) is 185 Å². The van der Waals surface area contributed by atoms with Gasteiger partial charge in [0.1, 0.15) is 33.0 Å². The van der Waals surface area contributed by atoms with Crippen molar-refractivity contribution >= 4 is 102 Å². The summed E-state index contributed by atoms with van der Waals surface area (Å²) in [7, 11) is 0. The topological polar surface area (TPSA) is 67.9 Å². The van der Waals surface area contributed by atoms with Crippen LogP contribution >= 0.6 is 22.7 Å². The molecular formula is C98H88B2F24N4O6S2. The van der Waals surface area contributed by atoms with Crippen LogP contribution in [0.3, 0.4) is 0 Å². The first-order valence-electron chi connectivity index (χ1n) is 44.0. The number of nitrogens with zero attached hydrogens (tertiary/aromatic N) is 4. The van der Waals surface area contributed by atoms with Crippen LogP contribution in [0.4, 0.5) is 138 Å². The highest BCUT2D eigenvalue weighted by Gasteiger charge is 2.64. The summed E-state index contributed by atoms with van der Waals surface area (Å²) in [6.07, 6.45) is -31.0. The van der Waals surface area contributed by atoms with E-state index in [1.165, 1.54) is 24.3 Å². The summed E-state index contributed by atoms with van der Waals surface area (Å²) in [5, 5.41) is 0.171. The lowest BCUT2D eigenvalue weighted by Gasteiger charge is -2.50. The Balaban J connectivity index is 1.12. The number of fused-ring (bicyclic) bond motifs is 3. The van der Waals surface area contributed by atoms with Gasteiger partial charge in [-0.25, -0.2) is 0 Å². The molecule has 0 spiro atoms. The Bertz CT molecular complexity index is 5380. The molecule has 0 atom stereocenters. The molecule has 0 amide bonds. The number of thiophene rings is 2. The quantitative estimate of drug-likeness (QED) is 0.0219. The molecule has 4 aliphatic rings. The second-order valence-electron chi connectivity index (χ2n) is 33.2. The van der Waals surface area contributed by atoms with Crippen molar-refractivity contribution in [3.05, 3.63) is 296 Å². The molecule has 6 heterocycles. The zero-order valence-electron chi connectivity index (χ0n) is 73.2. The Labute approximate surface area is 775 Å². The number of rotatable bonds is 36. The summed E-state index contributed by atoms with van der Waals surface area (Å²) in [6, 6.07) is 28.3. The molecule has 0 bridgehead atoms. The lowest BCUT2D eigenvalue weighted by molar-refractivity contribution is -0.373. The Hall–Kier alpha value is -11.7. The van der Waals surface area contributed by atoms with Crippen LogP contribution in [0.25, 0.3) is 0 Å². The van der Waals surface area contributed by atoms with Gasteiger partial charge >= 0.3 is 62.4 Å². The SMILES string of the molecule is CCCCCCOc1ccc(N(c2ccc(OCCCCCC)cc2)c2ccc(C3=[N+]4C(=C5O[B-](c6cc(C(F)(F)F)cc(C(F)(F)F)c6)(c6cc(C(F)(F)F)cc(C(F)(F)F)c6)[N+]6=C(c7ccc(N(c8ccc(OCCCCCC)cc8)c8ccc(OCCCCCC)cc8)s7)C=CC6=C5O[B-]4(c4cc(C(F)(F)F)cc(C(F)(F)F)c4)c4cc(C(F)(F)F)cc(C(F)(F)F)c4)C=C3)s2)cc1. The molecule has 38 heteroatoms. The molecule has 10 nitrogen and oxygen atoms in total. The monoisotopic (exact) mass is 1960 g/mol. The average molecular weight is 1960 g/mol. The van der Waals surface area contributed by atoms with Crippen molar-refractivity contribution in [2.24, 2.45) is 0 Å². The van der Waals surface area contributed by atoms with E-state index < -0.39 is 187 Å². The van der Waals surface area contributed by atoms with Crippen LogP contribution in [0.5, 0.6) is 23.0 Å². The number of hydrogen-bond donors (Lipinski definition) is 0. The first-order chi connectivity index (χ1) is 64.3. The molecule has 8 aromatic carbocycles. The van der Waals surface area contributed by atoms with Gasteiger partial charge in [0.25, 0.3) is 0 Å². The van der Waals surface area contributed by atoms with Gasteiger partial charge in [0, 0.05) is 47.1 Å². The number of unbranched alkanes of at least 4 members (excludes halogenated alkanes) is 12. The Morgan fingerprint density at radius 3 is 0.676 bits per heavy atom. The lowest BCUT2D eigenvalue weighted by Crippen LogP contribution is -2.74. The third-order valence-corrected chi connectivity index (χ3v) is 25.8. The number of halogens is 24. The highest BCUT2D eigenvalue weighted by Crippen LogP contribution is 2.52. The third kappa shape index (κ3) is 22.0. The van der Waals surface area contributed by atoms with Crippen molar-refractivity contribution in [1.82, 2.24) is 0 Å². The maximum atomic E-state index is 16.1. The Kier molecular flexibility index (Phi) is 29.6. The van der Waals surface area contributed by atoms with Gasteiger partial charge in [0.05, 0.1) is 80.7 Å². The van der Waals surface area contributed by atoms with E-state index in [9.17, 15) is 0 Å². The summed E-state index contributed by atoms with van der Waals surface area (Å²) in [4.78, 5) is 2.54. The van der Waals surface area contributed by atoms with E-state index in [0.29, 0.717) is 130 Å². The summed E-state index contributed by atoms with van der Waals surface area (Å²) in [5.74, 6) is -1.12. The highest BCUT2D eigenvalue weighted by molar-refractivity contribution is 7.18. The number of hydrogen-bond acceptors (Lipinski definition) is 10. The summed E-state index contributed by atoms with van der Waals surface area (Å²) in [6.45, 7) is -1.41. The van der Waals surface area contributed by atoms with Gasteiger partial charge in [0.15, 0.2) is 34.3 Å². The fourth-order valence-electron chi connectivity index (χ4n) is 17.1. The molecule has 0 aliphatic carbocycles. The van der Waals surface area contributed by atoms with Gasteiger partial charge in [-0.15, -0.1) is 22.7 Å². The second kappa shape index (κ2) is 40.2. The minimum absolute atomic E-state index is 0.0853. The van der Waals surface area contributed by atoms with Crippen LogP contribution in [0.15, 0.2) is 241 Å². The zero-order valence-corrected chi connectivity index (χ0v) is 74.8. The fourth-order valence-corrected chi connectivity index (χ4v) is 19.2. The lowest BCUT2D eigenvalue weighted by atomic mass is 9.38. The van der Waals surface area contributed by atoms with Gasteiger partial charge in [-0.2, -0.15) is 105 Å². The minimum Gasteiger partial charge on any atom is -0.644 e. The van der Waals surface area contributed by atoms with E-state index >= 15 is 105 Å². The van der Waals surface area contributed by atoms with E-state index in [4.69, 9.17) is 28.3 Å². The van der Waals surface area contributed by atoms with E-state index in [2.05, 4.69) is 0 Å². The summed E-state index contributed by atoms with van der Waals surface area (Å²) in [5.41, 5.74) is -27.1. The second-order valence-corrected chi connectivity index (χ2v) is 35.4. The molecule has 2 aromatic heterocycles. The Morgan fingerprint density at radius 1 is 0.265 bits per heavy atom. The molecule has 0 unspecified atom stereocenters. The van der Waals surface area contributed by atoms with Crippen molar-refractivity contribution in [1.29, 1.82) is 0 Å². The largest absolute Gasteiger partial charge is 0.644 e. The van der Waals surface area contributed by atoms with E-state index in [-0.39, 0.29) is 68.3 Å². The van der Waals surface area contributed by atoms with Gasteiger partial charge < -0.3 is 47.0 Å². The molecule has 136 heavy (non-hydrogen) atoms. The smallest absolute Gasteiger partial charge is 0.514 e. The molecule has 0 N–H and O–H groups in total. The zero-order chi connectivity index (χ0) is 97.9. The standard InChI is InChI=1S/C98H88B2F24N4O6S2/c1-5-9-13-17-45-129-77-29-21-73(22-30-77)125(74-23-31-78(32-24-74)130-46-18-14-10-6-2)87-43-41-85(135-87)81-37-39-83-89-90(133-99(127(81)83,69-53-61(91(101,102)103)49-62(54-69)92(104,105)106)70-55-63(93(107,108)109)50-64(56-70)94(110,111)112)84-40-38-82(86-42-44-88(136-86)126(75-25-33-79(34-26-75)131-47-19-15-11-7-3)76-27-35-80(36-28-76)132-48-20-16-12-8-4)128(84)100(134-89,71-57-65(95(113,114)115)51-66(58-71)96(116,117)118)72-59-67(97(119,120)121)52-68(60-72)98(122,123)124/h21-44,49-60H,5-20,45-48H2,1-4H3. The minimum atomic E-state index is -5.98. The van der Waals surface area contributed by atoms with Gasteiger partial charge in [-0.3, -0.25) is 0 Å². The number of benzene rings is 8. The number of ether oxygens (including phenoxy) is 4. The molecular weight excluding hydrogens is 1870 g/mol. The fraction of sp³-hybridized carbons (Fsp3) is 0.327. The molecule has 0 saturated heterocycles. The molecule has 0 saturated carbocycles. The predicted molar refractivity (Wildman–Crippen MR) is 476 cm³/mol. The third-order valence-electron chi connectivity index (χ3n) is 23.6.